The molecule has 0 unspecified atom stereocenters. The Morgan fingerprint density at radius 3 is 2.56 bits per heavy atom. The Labute approximate surface area is 196 Å². The Bertz CT molecular complexity index is 1240. The second-order valence-electron chi connectivity index (χ2n) is 7.51. The number of methoxy groups -OCH3 is 2. The topological polar surface area (TPSA) is 77.1 Å². The van der Waals surface area contributed by atoms with Gasteiger partial charge in [-0.1, -0.05) is 18.2 Å². The molecular weight excluding hydrogens is 439 g/mol. The molecule has 0 fully saturated rings. The third kappa shape index (κ3) is 5.17. The van der Waals surface area contributed by atoms with Crippen molar-refractivity contribution in [3.8, 4) is 17.2 Å². The molecule has 8 heteroatoms. The van der Waals surface area contributed by atoms with Crippen LogP contribution in [-0.2, 0) is 16.1 Å². The number of carbonyl (C=O) groups is 2. The number of amides is 2. The molecule has 34 heavy (non-hydrogen) atoms. The van der Waals surface area contributed by atoms with Crippen molar-refractivity contribution < 1.29 is 28.2 Å². The van der Waals surface area contributed by atoms with Gasteiger partial charge in [0.25, 0.3) is 5.91 Å². The van der Waals surface area contributed by atoms with E-state index in [4.69, 9.17) is 14.2 Å². The second kappa shape index (κ2) is 10.1. The molecule has 0 bridgehead atoms. The average Bonchev–Trinajstić information content (AvgIpc) is 2.85. The summed E-state index contributed by atoms with van der Waals surface area (Å²) in [6.07, 6.45) is 3.06. The average molecular weight is 462 g/mol. The molecule has 1 N–H and O–H groups in total. The number of nitrogens with one attached hydrogen (secondary N) is 1. The number of rotatable bonds is 7. The van der Waals surface area contributed by atoms with E-state index in [-0.39, 0.29) is 30.8 Å². The fourth-order valence-corrected chi connectivity index (χ4v) is 3.54. The predicted octanol–water partition coefficient (Wildman–Crippen LogP) is 4.42. The van der Waals surface area contributed by atoms with Crippen LogP contribution >= 0.6 is 0 Å². The highest BCUT2D eigenvalue weighted by Crippen LogP contribution is 2.35. The second-order valence-corrected chi connectivity index (χ2v) is 7.51. The normalized spacial score (nSPS) is 12.8. The zero-order valence-corrected chi connectivity index (χ0v) is 18.7. The Balaban J connectivity index is 1.50. The minimum Gasteiger partial charge on any atom is -0.493 e. The standard InChI is InChI=1S/C26H23FN2O5/c1-32-23-10-5-17(13-24(23)33-2)6-12-25(30)28-20-9-11-22-21(14-20)29(26(31)16-34-22)15-18-3-7-19(27)8-4-18/h3-14H,15-16H2,1-2H3,(H,28,30)/b12-6+. The van der Waals surface area contributed by atoms with Crippen LogP contribution < -0.4 is 24.4 Å². The Kier molecular flexibility index (Phi) is 6.77. The maximum Gasteiger partial charge on any atom is 0.265 e. The lowest BCUT2D eigenvalue weighted by Gasteiger charge is -2.30. The van der Waals surface area contributed by atoms with E-state index in [0.717, 1.165) is 11.1 Å². The molecular formula is C26H23FN2O5. The first kappa shape index (κ1) is 22.8. The lowest BCUT2D eigenvalue weighted by molar-refractivity contribution is -0.121. The monoisotopic (exact) mass is 462 g/mol. The van der Waals surface area contributed by atoms with Gasteiger partial charge in [-0.25, -0.2) is 4.39 Å². The highest BCUT2D eigenvalue weighted by Gasteiger charge is 2.26. The van der Waals surface area contributed by atoms with Crippen LogP contribution in [-0.4, -0.2) is 32.6 Å². The van der Waals surface area contributed by atoms with Gasteiger partial charge in [-0.15, -0.1) is 0 Å². The van der Waals surface area contributed by atoms with Crippen molar-refractivity contribution in [2.75, 3.05) is 31.0 Å². The van der Waals surface area contributed by atoms with Crippen molar-refractivity contribution in [1.29, 1.82) is 0 Å². The van der Waals surface area contributed by atoms with E-state index in [1.54, 1.807) is 73.7 Å². The van der Waals surface area contributed by atoms with Crippen molar-refractivity contribution in [3.05, 3.63) is 83.7 Å². The van der Waals surface area contributed by atoms with E-state index in [9.17, 15) is 14.0 Å². The quantitative estimate of drug-likeness (QED) is 0.526. The highest BCUT2D eigenvalue weighted by atomic mass is 19.1. The maximum absolute atomic E-state index is 13.2. The van der Waals surface area contributed by atoms with E-state index in [1.165, 1.54) is 18.2 Å². The molecule has 1 aliphatic rings. The summed E-state index contributed by atoms with van der Waals surface area (Å²) in [7, 11) is 3.10. The predicted molar refractivity (Wildman–Crippen MR) is 127 cm³/mol. The SMILES string of the molecule is COc1ccc(/C=C/C(=O)Nc2ccc3c(c2)N(Cc2ccc(F)cc2)C(=O)CO3)cc1OC. The van der Waals surface area contributed by atoms with Gasteiger partial charge < -0.3 is 24.4 Å². The van der Waals surface area contributed by atoms with Crippen molar-refractivity contribution >= 4 is 29.3 Å². The van der Waals surface area contributed by atoms with Crippen LogP contribution in [0.15, 0.2) is 66.7 Å². The van der Waals surface area contributed by atoms with Crippen LogP contribution in [0.25, 0.3) is 6.08 Å². The fourth-order valence-electron chi connectivity index (χ4n) is 3.54. The number of halogens is 1. The molecule has 4 rings (SSSR count). The van der Waals surface area contributed by atoms with Gasteiger partial charge in [0.05, 0.1) is 26.5 Å². The van der Waals surface area contributed by atoms with Gasteiger partial charge in [0.2, 0.25) is 5.91 Å². The number of anilines is 2. The van der Waals surface area contributed by atoms with Crippen LogP contribution in [0.3, 0.4) is 0 Å². The van der Waals surface area contributed by atoms with Crippen molar-refractivity contribution in [3.63, 3.8) is 0 Å². The van der Waals surface area contributed by atoms with Crippen molar-refractivity contribution in [2.45, 2.75) is 6.54 Å². The van der Waals surface area contributed by atoms with Crippen molar-refractivity contribution in [1.82, 2.24) is 0 Å². The summed E-state index contributed by atoms with van der Waals surface area (Å²) in [5.74, 6) is 0.770. The van der Waals surface area contributed by atoms with Gasteiger partial charge in [0.1, 0.15) is 11.6 Å². The van der Waals surface area contributed by atoms with E-state index < -0.39 is 0 Å². The third-order valence-corrected chi connectivity index (χ3v) is 5.26. The van der Waals surface area contributed by atoms with Crippen molar-refractivity contribution in [2.24, 2.45) is 0 Å². The van der Waals surface area contributed by atoms with Gasteiger partial charge in [0, 0.05) is 11.8 Å². The molecule has 174 valence electrons. The Morgan fingerprint density at radius 2 is 1.82 bits per heavy atom. The zero-order chi connectivity index (χ0) is 24.1. The summed E-state index contributed by atoms with van der Waals surface area (Å²) >= 11 is 0. The van der Waals surface area contributed by atoms with Crippen LogP contribution in [0.1, 0.15) is 11.1 Å². The van der Waals surface area contributed by atoms with Gasteiger partial charge in [-0.05, 0) is 59.7 Å². The molecule has 3 aromatic carbocycles. The number of ether oxygens (including phenoxy) is 3. The van der Waals surface area contributed by atoms with Crippen LogP contribution in [0.5, 0.6) is 17.2 Å². The highest BCUT2D eigenvalue weighted by molar-refractivity contribution is 6.03. The molecule has 7 nitrogen and oxygen atoms in total. The lowest BCUT2D eigenvalue weighted by Crippen LogP contribution is -2.38. The van der Waals surface area contributed by atoms with E-state index in [1.807, 2.05) is 0 Å². The van der Waals surface area contributed by atoms with Gasteiger partial charge >= 0.3 is 0 Å². The Morgan fingerprint density at radius 1 is 1.06 bits per heavy atom. The molecule has 0 radical (unpaired) electrons. The smallest absolute Gasteiger partial charge is 0.265 e. The van der Waals surface area contributed by atoms with Gasteiger partial charge in [-0.3, -0.25) is 9.59 Å². The molecule has 0 aromatic heterocycles. The molecule has 0 saturated carbocycles. The van der Waals surface area contributed by atoms with Gasteiger partial charge in [-0.2, -0.15) is 0 Å². The summed E-state index contributed by atoms with van der Waals surface area (Å²) in [6, 6.07) is 16.4. The minimum absolute atomic E-state index is 0.0893. The summed E-state index contributed by atoms with van der Waals surface area (Å²) in [4.78, 5) is 26.6. The number of hydrogen-bond acceptors (Lipinski definition) is 5. The molecule has 2 amide bonds. The summed E-state index contributed by atoms with van der Waals surface area (Å²) in [6.45, 7) is 0.167. The van der Waals surface area contributed by atoms with E-state index in [0.29, 0.717) is 28.6 Å². The fraction of sp³-hybridized carbons (Fsp3) is 0.154. The zero-order valence-electron chi connectivity index (χ0n) is 18.7. The van der Waals surface area contributed by atoms with E-state index in [2.05, 4.69) is 5.32 Å². The maximum atomic E-state index is 13.2. The summed E-state index contributed by atoms with van der Waals surface area (Å²) in [5, 5.41) is 2.80. The summed E-state index contributed by atoms with van der Waals surface area (Å²) < 4.78 is 29.3. The lowest BCUT2D eigenvalue weighted by atomic mass is 10.1. The number of fused-ring (bicyclic) bond motifs is 1. The van der Waals surface area contributed by atoms with Crippen LogP contribution in [0.2, 0.25) is 0 Å². The molecule has 1 aliphatic heterocycles. The Hall–Kier alpha value is -4.33. The summed E-state index contributed by atoms with van der Waals surface area (Å²) in [5.41, 5.74) is 2.57. The molecule has 0 atom stereocenters. The molecule has 3 aromatic rings. The first-order valence-corrected chi connectivity index (χ1v) is 10.5. The first-order chi connectivity index (χ1) is 16.5. The number of nitrogens with zero attached hydrogens (tertiary/aromatic N) is 1. The van der Waals surface area contributed by atoms with Crippen LogP contribution in [0, 0.1) is 5.82 Å². The first-order valence-electron chi connectivity index (χ1n) is 10.5. The third-order valence-electron chi connectivity index (χ3n) is 5.26. The molecule has 0 saturated heterocycles. The number of benzene rings is 3. The number of hydrogen-bond donors (Lipinski definition) is 1. The molecule has 1 heterocycles. The minimum atomic E-state index is -0.345. The molecule has 0 spiro atoms. The van der Waals surface area contributed by atoms with E-state index >= 15 is 0 Å². The number of carbonyl (C=O) groups excluding carboxylic acids is 2. The van der Waals surface area contributed by atoms with Gasteiger partial charge in [0.15, 0.2) is 18.1 Å². The molecule has 0 aliphatic carbocycles. The largest absolute Gasteiger partial charge is 0.493 e. The van der Waals surface area contributed by atoms with Crippen LogP contribution in [0.4, 0.5) is 15.8 Å².